The van der Waals surface area contributed by atoms with Gasteiger partial charge in [0.15, 0.2) is 0 Å². The summed E-state index contributed by atoms with van der Waals surface area (Å²) in [4.78, 5) is 44.3. The van der Waals surface area contributed by atoms with Crippen LogP contribution in [0.4, 0.5) is 11.4 Å². The second-order valence-corrected chi connectivity index (χ2v) is 9.05. The van der Waals surface area contributed by atoms with Crippen molar-refractivity contribution in [2.75, 3.05) is 16.8 Å². The van der Waals surface area contributed by atoms with Crippen LogP contribution in [-0.2, 0) is 19.9 Å². The van der Waals surface area contributed by atoms with Crippen LogP contribution in [0.1, 0.15) is 24.0 Å². The van der Waals surface area contributed by atoms with Gasteiger partial charge in [-0.25, -0.2) is 4.90 Å². The Kier molecular flexibility index (Phi) is 3.58. The summed E-state index contributed by atoms with van der Waals surface area (Å²) in [5.41, 5.74) is 1.59. The van der Waals surface area contributed by atoms with Crippen LogP contribution < -0.4 is 10.2 Å². The van der Waals surface area contributed by atoms with Crippen LogP contribution in [0.15, 0.2) is 42.5 Å². The van der Waals surface area contributed by atoms with Gasteiger partial charge >= 0.3 is 0 Å². The number of hydrogen-bond acceptors (Lipinski definition) is 4. The predicted octanol–water partition coefficient (Wildman–Crippen LogP) is 3.08. The third-order valence-electron chi connectivity index (χ3n) is 7.21. The highest BCUT2D eigenvalue weighted by Gasteiger charge is 2.74. The number of rotatable bonds is 1. The molecule has 1 spiro atoms. The van der Waals surface area contributed by atoms with Crippen LogP contribution >= 0.6 is 11.6 Å². The van der Waals surface area contributed by atoms with Crippen molar-refractivity contribution in [3.8, 4) is 0 Å². The Morgan fingerprint density at radius 1 is 1.10 bits per heavy atom. The second-order valence-electron chi connectivity index (χ2n) is 8.64. The van der Waals surface area contributed by atoms with Gasteiger partial charge in [0.25, 0.3) is 5.91 Å². The van der Waals surface area contributed by atoms with Gasteiger partial charge in [0.1, 0.15) is 5.54 Å². The van der Waals surface area contributed by atoms with Gasteiger partial charge < -0.3 is 5.32 Å². The number of nitrogens with one attached hydrogen (secondary N) is 1. The maximum Gasteiger partial charge on any atom is 0.250 e. The van der Waals surface area contributed by atoms with Gasteiger partial charge in [0.05, 0.1) is 28.2 Å². The predicted molar refractivity (Wildman–Crippen MR) is 112 cm³/mol. The summed E-state index contributed by atoms with van der Waals surface area (Å²) in [6.07, 6.45) is 1.69. The third-order valence-corrected chi connectivity index (χ3v) is 7.51. The number of aryl methyl sites for hydroxylation is 1. The summed E-state index contributed by atoms with van der Waals surface area (Å²) in [5.74, 6) is -2.04. The summed E-state index contributed by atoms with van der Waals surface area (Å²) in [7, 11) is 0. The quantitative estimate of drug-likeness (QED) is 0.718. The van der Waals surface area contributed by atoms with Crippen molar-refractivity contribution in [3.63, 3.8) is 0 Å². The molecule has 4 heterocycles. The second kappa shape index (κ2) is 5.93. The number of nitrogens with zero attached hydrogens (tertiary/aromatic N) is 2. The normalized spacial score (nSPS) is 32.0. The fourth-order valence-electron chi connectivity index (χ4n) is 6.23. The van der Waals surface area contributed by atoms with E-state index in [0.29, 0.717) is 22.9 Å². The highest BCUT2D eigenvalue weighted by Crippen LogP contribution is 2.61. The first-order chi connectivity index (χ1) is 14.5. The van der Waals surface area contributed by atoms with E-state index in [9.17, 15) is 14.4 Å². The first-order valence-electron chi connectivity index (χ1n) is 10.3. The molecule has 4 aliphatic heterocycles. The molecular weight excluding hydrogens is 402 g/mol. The highest BCUT2D eigenvalue weighted by molar-refractivity contribution is 6.35. The molecular formula is C23H20ClN3O3. The van der Waals surface area contributed by atoms with Crippen molar-refractivity contribution < 1.29 is 14.4 Å². The molecule has 0 aromatic heterocycles. The fraction of sp³-hybridized carbons (Fsp3) is 0.348. The summed E-state index contributed by atoms with van der Waals surface area (Å²) < 4.78 is 0. The molecule has 1 N–H and O–H groups in total. The Morgan fingerprint density at radius 3 is 2.63 bits per heavy atom. The Balaban J connectivity index is 1.59. The van der Waals surface area contributed by atoms with Gasteiger partial charge in [-0.1, -0.05) is 35.9 Å². The number of hydrogen-bond donors (Lipinski definition) is 1. The molecule has 0 unspecified atom stereocenters. The molecule has 2 aromatic carbocycles. The maximum absolute atomic E-state index is 13.8. The SMILES string of the molecule is Cc1cc(Cl)c2c(c1)[C@@]1(C(=O)N2)[C@H]2C(=O)N(c3ccccc3)C(=O)[C@H]2[C@H]2CCCN21. The molecule has 30 heavy (non-hydrogen) atoms. The van der Waals surface area contributed by atoms with E-state index in [0.717, 1.165) is 24.0 Å². The lowest BCUT2D eigenvalue weighted by atomic mass is 9.75. The van der Waals surface area contributed by atoms with Gasteiger partial charge in [-0.05, 0) is 50.1 Å². The molecule has 6 rings (SSSR count). The first kappa shape index (κ1) is 18.1. The van der Waals surface area contributed by atoms with E-state index in [2.05, 4.69) is 10.2 Å². The van der Waals surface area contributed by atoms with E-state index in [-0.39, 0.29) is 23.8 Å². The molecule has 4 aliphatic rings. The zero-order chi connectivity index (χ0) is 20.8. The number of fused-ring (bicyclic) bond motifs is 7. The van der Waals surface area contributed by atoms with E-state index < -0.39 is 17.4 Å². The van der Waals surface area contributed by atoms with E-state index in [1.165, 1.54) is 4.90 Å². The molecule has 7 heteroatoms. The number of halogens is 1. The van der Waals surface area contributed by atoms with Crippen molar-refractivity contribution in [1.82, 2.24) is 4.90 Å². The molecule has 0 saturated carbocycles. The van der Waals surface area contributed by atoms with E-state index in [1.807, 2.05) is 37.3 Å². The fourth-order valence-corrected chi connectivity index (χ4v) is 6.55. The zero-order valence-corrected chi connectivity index (χ0v) is 17.1. The standard InChI is InChI=1S/C23H20ClN3O3/c1-12-10-14-19(15(24)11-12)25-22(30)23(14)18-17(16-8-5-9-26(16)23)20(28)27(21(18)29)13-6-3-2-4-7-13/h2-4,6-7,10-11,16-18H,5,8-9H2,1H3,(H,25,30)/t16-,17+,18-,23+/m1/s1. The van der Waals surface area contributed by atoms with Crippen LogP contribution in [0.3, 0.4) is 0 Å². The van der Waals surface area contributed by atoms with Gasteiger partial charge in [-0.3, -0.25) is 19.3 Å². The largest absolute Gasteiger partial charge is 0.323 e. The molecule has 6 nitrogen and oxygen atoms in total. The smallest absolute Gasteiger partial charge is 0.250 e. The van der Waals surface area contributed by atoms with Crippen molar-refractivity contribution in [3.05, 3.63) is 58.6 Å². The average Bonchev–Trinajstić information content (AvgIpc) is 3.42. The minimum absolute atomic E-state index is 0.129. The van der Waals surface area contributed by atoms with Gasteiger partial charge in [-0.2, -0.15) is 0 Å². The minimum Gasteiger partial charge on any atom is -0.323 e. The Bertz CT molecular complexity index is 1130. The zero-order valence-electron chi connectivity index (χ0n) is 16.4. The van der Waals surface area contributed by atoms with E-state index >= 15 is 0 Å². The summed E-state index contributed by atoms with van der Waals surface area (Å²) in [6.45, 7) is 2.61. The Morgan fingerprint density at radius 2 is 1.87 bits per heavy atom. The molecule has 3 fully saturated rings. The molecule has 0 radical (unpaired) electrons. The average molecular weight is 422 g/mol. The van der Waals surface area contributed by atoms with Crippen LogP contribution in [-0.4, -0.2) is 35.2 Å². The Hall–Kier alpha value is -2.70. The summed E-state index contributed by atoms with van der Waals surface area (Å²) in [5, 5.41) is 3.41. The van der Waals surface area contributed by atoms with E-state index in [4.69, 9.17) is 11.6 Å². The lowest BCUT2D eigenvalue weighted by Gasteiger charge is -2.36. The molecule has 4 atom stereocenters. The minimum atomic E-state index is -1.19. The lowest BCUT2D eigenvalue weighted by molar-refractivity contribution is -0.135. The molecule has 2 aromatic rings. The number of carbonyl (C=O) groups is 3. The van der Waals surface area contributed by atoms with Crippen LogP contribution in [0.5, 0.6) is 0 Å². The number of anilines is 2. The van der Waals surface area contributed by atoms with Crippen LogP contribution in [0.2, 0.25) is 5.02 Å². The highest BCUT2D eigenvalue weighted by atomic mass is 35.5. The topological polar surface area (TPSA) is 69.7 Å². The van der Waals surface area contributed by atoms with E-state index in [1.54, 1.807) is 12.1 Å². The van der Waals surface area contributed by atoms with Crippen LogP contribution in [0, 0.1) is 18.8 Å². The van der Waals surface area contributed by atoms with Crippen molar-refractivity contribution >= 4 is 40.7 Å². The van der Waals surface area contributed by atoms with Gasteiger partial charge in [0, 0.05) is 11.6 Å². The number of para-hydroxylation sites is 1. The van der Waals surface area contributed by atoms with Gasteiger partial charge in [-0.15, -0.1) is 0 Å². The molecule has 152 valence electrons. The maximum atomic E-state index is 13.8. The van der Waals surface area contributed by atoms with Gasteiger partial charge in [0.2, 0.25) is 11.8 Å². The number of imide groups is 1. The van der Waals surface area contributed by atoms with Crippen LogP contribution in [0.25, 0.3) is 0 Å². The van der Waals surface area contributed by atoms with Crippen molar-refractivity contribution in [1.29, 1.82) is 0 Å². The molecule has 3 saturated heterocycles. The Labute approximate surface area is 178 Å². The first-order valence-corrected chi connectivity index (χ1v) is 10.7. The lowest BCUT2D eigenvalue weighted by Crippen LogP contribution is -2.54. The number of benzene rings is 2. The van der Waals surface area contributed by atoms with Crippen molar-refractivity contribution in [2.45, 2.75) is 31.3 Å². The molecule has 3 amide bonds. The summed E-state index contributed by atoms with van der Waals surface area (Å²) in [6, 6.07) is 12.6. The summed E-state index contributed by atoms with van der Waals surface area (Å²) >= 11 is 6.48. The molecule has 0 aliphatic carbocycles. The van der Waals surface area contributed by atoms with Crippen molar-refractivity contribution in [2.24, 2.45) is 11.8 Å². The monoisotopic (exact) mass is 421 g/mol. The third kappa shape index (κ3) is 1.96. The number of amides is 3. The molecule has 0 bridgehead atoms. The number of carbonyl (C=O) groups excluding carboxylic acids is 3.